The molecule has 2 saturated heterocycles. The molecular formula is C8H14NO3+. The standard InChI is InChI=1S/C8H13NO3/c1-12-7(11)8-3-2-5(9-8)6(10)4-8/h5-6,9-10H,2-4H2,1H3/p+1/t5-,6+,8+/m1/s1. The zero-order valence-electron chi connectivity index (χ0n) is 7.12. The predicted molar refractivity (Wildman–Crippen MR) is 40.3 cm³/mol. The number of nitrogens with two attached hydrogens (primary N) is 1. The lowest BCUT2D eigenvalue weighted by Crippen LogP contribution is -2.96. The summed E-state index contributed by atoms with van der Waals surface area (Å²) in [6, 6.07) is 0.226. The summed E-state index contributed by atoms with van der Waals surface area (Å²) in [6.07, 6.45) is 2.01. The minimum absolute atomic E-state index is 0.179. The molecule has 0 radical (unpaired) electrons. The van der Waals surface area contributed by atoms with Crippen LogP contribution in [0.5, 0.6) is 0 Å². The highest BCUT2D eigenvalue weighted by molar-refractivity contribution is 5.79. The molecule has 3 atom stereocenters. The number of fused-ring (bicyclic) bond motifs is 2. The van der Waals surface area contributed by atoms with E-state index in [4.69, 9.17) is 4.74 Å². The summed E-state index contributed by atoms with van der Waals surface area (Å²) in [5, 5.41) is 11.5. The normalized spacial score (nSPS) is 44.8. The number of aliphatic hydroxyl groups is 1. The van der Waals surface area contributed by atoms with Crippen LogP contribution in [0.15, 0.2) is 0 Å². The predicted octanol–water partition coefficient (Wildman–Crippen LogP) is -1.61. The molecule has 0 aliphatic carbocycles. The Bertz CT molecular complexity index is 214. The van der Waals surface area contributed by atoms with E-state index in [1.54, 1.807) is 0 Å². The van der Waals surface area contributed by atoms with E-state index in [2.05, 4.69) is 0 Å². The van der Waals surface area contributed by atoms with Gasteiger partial charge in [-0.25, -0.2) is 4.79 Å². The Kier molecular flexibility index (Phi) is 1.63. The first kappa shape index (κ1) is 8.01. The van der Waals surface area contributed by atoms with Gasteiger partial charge in [-0.3, -0.25) is 0 Å². The van der Waals surface area contributed by atoms with E-state index in [0.717, 1.165) is 12.8 Å². The maximum Gasteiger partial charge on any atom is 0.367 e. The average Bonchev–Trinajstić information content (AvgIpc) is 2.60. The molecule has 68 valence electrons. The number of rotatable bonds is 1. The molecule has 4 heteroatoms. The summed E-state index contributed by atoms with van der Waals surface area (Å²) < 4.78 is 4.72. The first-order chi connectivity index (χ1) is 5.68. The summed E-state index contributed by atoms with van der Waals surface area (Å²) in [5.41, 5.74) is -0.446. The summed E-state index contributed by atoms with van der Waals surface area (Å²) >= 11 is 0. The van der Waals surface area contributed by atoms with Gasteiger partial charge in [-0.2, -0.15) is 0 Å². The van der Waals surface area contributed by atoms with Crippen LogP contribution in [0.1, 0.15) is 19.3 Å². The summed E-state index contributed by atoms with van der Waals surface area (Å²) in [7, 11) is 1.41. The highest BCUT2D eigenvalue weighted by Gasteiger charge is 2.59. The van der Waals surface area contributed by atoms with Crippen molar-refractivity contribution in [2.75, 3.05) is 7.11 Å². The van der Waals surface area contributed by atoms with Gasteiger partial charge in [-0.15, -0.1) is 0 Å². The van der Waals surface area contributed by atoms with Crippen LogP contribution in [-0.4, -0.2) is 35.9 Å². The molecule has 0 aromatic carbocycles. The van der Waals surface area contributed by atoms with Crippen molar-refractivity contribution in [1.82, 2.24) is 0 Å². The van der Waals surface area contributed by atoms with Gasteiger partial charge in [-0.1, -0.05) is 0 Å². The maximum absolute atomic E-state index is 11.4. The van der Waals surface area contributed by atoms with Gasteiger partial charge in [-0.05, 0) is 0 Å². The smallest absolute Gasteiger partial charge is 0.367 e. The van der Waals surface area contributed by atoms with E-state index in [-0.39, 0.29) is 18.1 Å². The third-order valence-corrected chi connectivity index (χ3v) is 3.12. The molecule has 2 aliphatic rings. The number of hydrogen-bond donors (Lipinski definition) is 2. The number of esters is 1. The van der Waals surface area contributed by atoms with E-state index >= 15 is 0 Å². The Morgan fingerprint density at radius 1 is 1.75 bits per heavy atom. The van der Waals surface area contributed by atoms with E-state index < -0.39 is 5.54 Å². The molecule has 0 aromatic heterocycles. The second kappa shape index (κ2) is 2.44. The van der Waals surface area contributed by atoms with Crippen LogP contribution in [0, 0.1) is 0 Å². The van der Waals surface area contributed by atoms with Gasteiger partial charge in [0.1, 0.15) is 12.1 Å². The first-order valence-corrected chi connectivity index (χ1v) is 4.30. The molecule has 2 rings (SSSR count). The Morgan fingerprint density at radius 3 is 2.92 bits per heavy atom. The van der Waals surface area contributed by atoms with E-state index in [0.29, 0.717) is 6.42 Å². The van der Waals surface area contributed by atoms with Crippen molar-refractivity contribution in [3.63, 3.8) is 0 Å². The average molecular weight is 172 g/mol. The highest BCUT2D eigenvalue weighted by atomic mass is 16.5. The van der Waals surface area contributed by atoms with E-state index in [1.807, 2.05) is 5.32 Å². The van der Waals surface area contributed by atoms with Crippen molar-refractivity contribution in [2.45, 2.75) is 36.9 Å². The Labute approximate surface area is 70.9 Å². The van der Waals surface area contributed by atoms with Crippen molar-refractivity contribution in [3.05, 3.63) is 0 Å². The molecule has 0 aromatic rings. The fourth-order valence-corrected chi connectivity index (χ4v) is 2.46. The van der Waals surface area contributed by atoms with Gasteiger partial charge >= 0.3 is 5.97 Å². The number of hydrogen-bond acceptors (Lipinski definition) is 3. The van der Waals surface area contributed by atoms with Gasteiger partial charge in [0.25, 0.3) is 0 Å². The lowest BCUT2D eigenvalue weighted by atomic mass is 9.86. The van der Waals surface area contributed by atoms with Crippen molar-refractivity contribution in [2.24, 2.45) is 0 Å². The SMILES string of the molecule is COC(=O)[C@@]12CC[C@@H]([NH2+]1)[C@@H](O)C2. The van der Waals surface area contributed by atoms with Crippen LogP contribution in [0.4, 0.5) is 0 Å². The third-order valence-electron chi connectivity index (χ3n) is 3.12. The molecule has 0 spiro atoms. The van der Waals surface area contributed by atoms with Crippen LogP contribution in [0.2, 0.25) is 0 Å². The summed E-state index contributed by atoms with van der Waals surface area (Å²) in [5.74, 6) is -0.179. The topological polar surface area (TPSA) is 63.1 Å². The van der Waals surface area contributed by atoms with Crippen LogP contribution in [-0.2, 0) is 9.53 Å². The fraction of sp³-hybridized carbons (Fsp3) is 0.875. The molecule has 0 saturated carbocycles. The summed E-state index contributed by atoms with van der Waals surface area (Å²) in [4.78, 5) is 11.4. The van der Waals surface area contributed by atoms with Gasteiger partial charge < -0.3 is 15.2 Å². The Hall–Kier alpha value is -0.610. The third kappa shape index (κ3) is 0.881. The van der Waals surface area contributed by atoms with Crippen molar-refractivity contribution >= 4 is 5.97 Å². The number of methoxy groups -OCH3 is 1. The van der Waals surface area contributed by atoms with E-state index in [1.165, 1.54) is 7.11 Å². The van der Waals surface area contributed by atoms with E-state index in [9.17, 15) is 9.90 Å². The molecule has 2 aliphatic heterocycles. The molecular weight excluding hydrogens is 158 g/mol. The molecule has 2 heterocycles. The van der Waals surface area contributed by atoms with Crippen molar-refractivity contribution in [1.29, 1.82) is 0 Å². The second-order valence-corrected chi connectivity index (χ2v) is 3.79. The highest BCUT2D eigenvalue weighted by Crippen LogP contribution is 2.31. The number of carbonyl (C=O) groups is 1. The molecule has 12 heavy (non-hydrogen) atoms. The number of quaternary nitrogens is 1. The van der Waals surface area contributed by atoms with Gasteiger partial charge in [0, 0.05) is 19.3 Å². The van der Waals surface area contributed by atoms with Crippen LogP contribution < -0.4 is 5.32 Å². The van der Waals surface area contributed by atoms with Crippen molar-refractivity contribution < 1.29 is 20.0 Å². The molecule has 0 unspecified atom stereocenters. The zero-order chi connectivity index (χ0) is 8.77. The Balaban J connectivity index is 2.18. The van der Waals surface area contributed by atoms with Gasteiger partial charge in [0.15, 0.2) is 5.54 Å². The monoisotopic (exact) mass is 172 g/mol. The quantitative estimate of drug-likeness (QED) is 0.468. The minimum Gasteiger partial charge on any atom is -0.464 e. The van der Waals surface area contributed by atoms with Crippen LogP contribution in [0.3, 0.4) is 0 Å². The minimum atomic E-state index is -0.446. The van der Waals surface area contributed by atoms with Gasteiger partial charge in [0.2, 0.25) is 0 Å². The zero-order valence-corrected chi connectivity index (χ0v) is 7.12. The largest absolute Gasteiger partial charge is 0.464 e. The lowest BCUT2D eigenvalue weighted by molar-refractivity contribution is -0.706. The Morgan fingerprint density at radius 2 is 2.50 bits per heavy atom. The molecule has 4 nitrogen and oxygen atoms in total. The lowest BCUT2D eigenvalue weighted by Gasteiger charge is -2.19. The van der Waals surface area contributed by atoms with Crippen LogP contribution >= 0.6 is 0 Å². The molecule has 0 amide bonds. The molecule has 3 N–H and O–H groups in total. The first-order valence-electron chi connectivity index (χ1n) is 4.30. The number of carbonyl (C=O) groups excluding carboxylic acids is 1. The number of aliphatic hydroxyl groups excluding tert-OH is 1. The molecule has 2 fully saturated rings. The van der Waals surface area contributed by atoms with Crippen molar-refractivity contribution in [3.8, 4) is 0 Å². The summed E-state index contributed by atoms with van der Waals surface area (Å²) in [6.45, 7) is 0. The fourth-order valence-electron chi connectivity index (χ4n) is 2.46. The van der Waals surface area contributed by atoms with Gasteiger partial charge in [0.05, 0.1) is 7.11 Å². The molecule has 2 bridgehead atoms. The maximum atomic E-state index is 11.4. The van der Waals surface area contributed by atoms with Crippen LogP contribution in [0.25, 0.3) is 0 Å². The number of ether oxygens (including phenoxy) is 1. The second-order valence-electron chi connectivity index (χ2n) is 3.79.